The molecule has 1 N–H and O–H groups in total. The Morgan fingerprint density at radius 2 is 1.15 bits per heavy atom. The molecule has 0 atom stereocenters. The van der Waals surface area contributed by atoms with Gasteiger partial charge in [0, 0.05) is 43.9 Å². The maximum atomic E-state index is 14.1. The van der Waals surface area contributed by atoms with Crippen molar-refractivity contribution in [2.24, 2.45) is 0 Å². The molecular formula is C53H45FN3OPt-. The molecule has 0 saturated heterocycles. The molecule has 0 fully saturated rings. The van der Waals surface area contributed by atoms with Crippen molar-refractivity contribution in [3.05, 3.63) is 205 Å². The molecule has 0 saturated carbocycles. The molecule has 4 nitrogen and oxygen atoms in total. The van der Waals surface area contributed by atoms with Gasteiger partial charge in [0.25, 0.3) is 0 Å². The van der Waals surface area contributed by atoms with E-state index >= 15 is 0 Å². The normalized spacial score (nSPS) is 11.5. The van der Waals surface area contributed by atoms with Crippen molar-refractivity contribution in [2.45, 2.75) is 45.4 Å². The van der Waals surface area contributed by atoms with E-state index in [1.807, 2.05) is 48.7 Å². The Hall–Kier alpha value is -6.16. The van der Waals surface area contributed by atoms with Crippen LogP contribution in [-0.4, -0.2) is 15.1 Å². The summed E-state index contributed by atoms with van der Waals surface area (Å²) in [4.78, 5) is 12.3. The van der Waals surface area contributed by atoms with Crippen LogP contribution in [0.25, 0.3) is 44.8 Å². The van der Waals surface area contributed by atoms with E-state index in [0.29, 0.717) is 17.0 Å². The van der Waals surface area contributed by atoms with Crippen LogP contribution in [0.5, 0.6) is 5.75 Å². The van der Waals surface area contributed by atoms with Gasteiger partial charge in [0.2, 0.25) is 0 Å². The number of para-hydroxylation sites is 2. The number of aromatic nitrogens is 2. The Kier molecular flexibility index (Phi) is 11.8. The zero-order chi connectivity index (χ0) is 40.4. The minimum atomic E-state index is -0.308. The van der Waals surface area contributed by atoms with Gasteiger partial charge in [-0.2, -0.15) is 0 Å². The van der Waals surface area contributed by atoms with Crippen LogP contribution in [0, 0.1) is 11.9 Å². The summed E-state index contributed by atoms with van der Waals surface area (Å²) < 4.78 is 14.1. The third kappa shape index (κ3) is 8.82. The zero-order valence-corrected chi connectivity index (χ0v) is 36.0. The second kappa shape index (κ2) is 17.0. The van der Waals surface area contributed by atoms with Crippen molar-refractivity contribution < 1.29 is 30.6 Å². The molecule has 8 aromatic rings. The van der Waals surface area contributed by atoms with Crippen LogP contribution >= 0.6 is 0 Å². The SMILES string of the molecule is CC(C)(C)c1cc(-c2cc(-c3ccc(F)cc3)cc(-c3ccccc3O)n2)[c-]c(N(c2ccccc2)c2cc(-c3ccc(C(C)(C)c4ccccc4)cc3)ccn2)c1.[Pt]. The second-order valence-electron chi connectivity index (χ2n) is 16.2. The molecule has 0 spiro atoms. The first-order chi connectivity index (χ1) is 27.9. The average Bonchev–Trinajstić information content (AvgIpc) is 3.24. The minimum absolute atomic E-state index is 0. The molecule has 0 amide bonds. The quantitative estimate of drug-likeness (QED) is 0.147. The zero-order valence-electron chi connectivity index (χ0n) is 33.7. The molecule has 2 aromatic heterocycles. The van der Waals surface area contributed by atoms with E-state index in [9.17, 15) is 9.50 Å². The number of halogens is 1. The Balaban J connectivity index is 0.00000528. The van der Waals surface area contributed by atoms with Crippen LogP contribution < -0.4 is 4.90 Å². The summed E-state index contributed by atoms with van der Waals surface area (Å²) in [5.74, 6) is 0.562. The second-order valence-corrected chi connectivity index (χ2v) is 16.2. The number of anilines is 3. The first-order valence-electron chi connectivity index (χ1n) is 19.6. The molecule has 0 aliphatic carbocycles. The van der Waals surface area contributed by atoms with Crippen molar-refractivity contribution in [2.75, 3.05) is 4.90 Å². The third-order valence-electron chi connectivity index (χ3n) is 10.8. The Labute approximate surface area is 361 Å². The van der Waals surface area contributed by atoms with Gasteiger partial charge in [-0.15, -0.1) is 29.3 Å². The predicted molar refractivity (Wildman–Crippen MR) is 236 cm³/mol. The summed E-state index contributed by atoms with van der Waals surface area (Å²) in [5, 5.41) is 10.9. The predicted octanol–water partition coefficient (Wildman–Crippen LogP) is 13.9. The molecule has 0 aliphatic heterocycles. The number of phenols is 1. The van der Waals surface area contributed by atoms with E-state index in [1.54, 1.807) is 24.3 Å². The largest absolute Gasteiger partial charge is 0.507 e. The van der Waals surface area contributed by atoms with Crippen LogP contribution in [0.1, 0.15) is 51.3 Å². The van der Waals surface area contributed by atoms with E-state index in [1.165, 1.54) is 23.3 Å². The van der Waals surface area contributed by atoms with Gasteiger partial charge >= 0.3 is 0 Å². The first-order valence-corrected chi connectivity index (χ1v) is 19.6. The van der Waals surface area contributed by atoms with E-state index in [4.69, 9.17) is 9.97 Å². The van der Waals surface area contributed by atoms with Crippen molar-refractivity contribution in [3.8, 4) is 50.5 Å². The molecule has 6 aromatic carbocycles. The fourth-order valence-corrected chi connectivity index (χ4v) is 7.34. The van der Waals surface area contributed by atoms with Crippen molar-refractivity contribution >= 4 is 17.2 Å². The molecule has 0 bridgehead atoms. The Bertz CT molecular complexity index is 2690. The van der Waals surface area contributed by atoms with E-state index in [0.717, 1.165) is 50.6 Å². The van der Waals surface area contributed by atoms with Gasteiger partial charge in [-0.25, -0.2) is 9.37 Å². The van der Waals surface area contributed by atoms with Gasteiger partial charge in [-0.05, 0) is 105 Å². The molecule has 0 unspecified atom stereocenters. The van der Waals surface area contributed by atoms with E-state index < -0.39 is 0 Å². The number of pyridine rings is 2. The smallest absolute Gasteiger partial charge is 0.136 e. The van der Waals surface area contributed by atoms with Crippen LogP contribution in [0.2, 0.25) is 0 Å². The summed E-state index contributed by atoms with van der Waals surface area (Å²) in [6, 6.07) is 59.5. The van der Waals surface area contributed by atoms with Gasteiger partial charge in [-0.1, -0.05) is 138 Å². The standard InChI is InChI=1S/C53H45FN3O.Pt/c1-52(2,3)43-30-40(48-32-39(37-22-26-44(54)27-23-37)33-49(56-48)47-18-12-13-19-50(47)58)31-46(35-43)57(45-16-10-7-11-17-45)51-34-38(28-29-55-51)36-20-24-42(25-21-36)53(4,5)41-14-8-6-9-15-41;/h6-30,32-35,58H,1-5H3;/q-1;. The maximum Gasteiger partial charge on any atom is 0.136 e. The van der Waals surface area contributed by atoms with Crippen molar-refractivity contribution in [3.63, 3.8) is 0 Å². The van der Waals surface area contributed by atoms with Crippen molar-refractivity contribution in [1.82, 2.24) is 9.97 Å². The summed E-state index contributed by atoms with van der Waals surface area (Å²) in [5.41, 5.74) is 11.4. The minimum Gasteiger partial charge on any atom is -0.507 e. The van der Waals surface area contributed by atoms with E-state index in [2.05, 4.69) is 137 Å². The molecule has 2 heterocycles. The molecular weight excluding hydrogens is 909 g/mol. The van der Waals surface area contributed by atoms with Gasteiger partial charge in [0.1, 0.15) is 17.4 Å². The van der Waals surface area contributed by atoms with Gasteiger partial charge in [-0.3, -0.25) is 4.98 Å². The number of phenolic OH excluding ortho intramolecular Hbond substituents is 1. The van der Waals surface area contributed by atoms with E-state index in [-0.39, 0.29) is 43.5 Å². The number of nitrogens with zero attached hydrogens (tertiary/aromatic N) is 3. The molecule has 0 radical (unpaired) electrons. The summed E-state index contributed by atoms with van der Waals surface area (Å²) >= 11 is 0. The monoisotopic (exact) mass is 953 g/mol. The van der Waals surface area contributed by atoms with Gasteiger partial charge in [0.15, 0.2) is 0 Å². The molecule has 6 heteroatoms. The molecule has 296 valence electrons. The molecule has 0 aliphatic rings. The van der Waals surface area contributed by atoms with Crippen LogP contribution in [0.3, 0.4) is 0 Å². The van der Waals surface area contributed by atoms with Crippen LogP contribution in [-0.2, 0) is 31.9 Å². The van der Waals surface area contributed by atoms with Crippen LogP contribution in [0.15, 0.2) is 176 Å². The van der Waals surface area contributed by atoms with Gasteiger partial charge < -0.3 is 10.0 Å². The fourth-order valence-electron chi connectivity index (χ4n) is 7.34. The van der Waals surface area contributed by atoms with Gasteiger partial charge in [0.05, 0.1) is 5.69 Å². The number of benzene rings is 6. The number of aromatic hydroxyl groups is 1. The summed E-state index contributed by atoms with van der Waals surface area (Å²) in [6.45, 7) is 11.1. The van der Waals surface area contributed by atoms with Crippen molar-refractivity contribution in [1.29, 1.82) is 0 Å². The number of hydrogen-bond donors (Lipinski definition) is 1. The van der Waals surface area contributed by atoms with Crippen LogP contribution in [0.4, 0.5) is 21.6 Å². The third-order valence-corrected chi connectivity index (χ3v) is 10.8. The summed E-state index contributed by atoms with van der Waals surface area (Å²) in [7, 11) is 0. The fraction of sp³-hybridized carbons (Fsp3) is 0.132. The molecule has 59 heavy (non-hydrogen) atoms. The topological polar surface area (TPSA) is 49.3 Å². The summed E-state index contributed by atoms with van der Waals surface area (Å²) in [6.07, 6.45) is 1.86. The average molecular weight is 954 g/mol. The number of hydrogen-bond acceptors (Lipinski definition) is 4. The maximum absolute atomic E-state index is 14.1. The molecule has 8 rings (SSSR count). The Morgan fingerprint density at radius 3 is 1.83 bits per heavy atom. The first kappa shape index (κ1) is 41.0. The number of rotatable bonds is 9. The Morgan fingerprint density at radius 1 is 0.559 bits per heavy atom.